The standard InChI is InChI=1S/C38H42O8/c1-3-36(39)44-26-9-5-4-8-24-42-32-18-12-29(13-19-32)30-14-22-34(23-15-30)45-38(41)31-16-20-33(21-17-31)43-25-10-6-7-11-35-27-28(2)37(40)46-35/h3,12-23,35H,1-2,4-11,24-27H2. The first-order valence-electron chi connectivity index (χ1n) is 15.9. The van der Waals surface area contributed by atoms with E-state index in [4.69, 9.17) is 23.7 Å². The number of rotatable bonds is 19. The van der Waals surface area contributed by atoms with Crippen molar-refractivity contribution in [3.05, 3.63) is 103 Å². The third-order valence-corrected chi connectivity index (χ3v) is 7.54. The number of cyclic esters (lactones) is 1. The van der Waals surface area contributed by atoms with E-state index in [-0.39, 0.29) is 18.0 Å². The van der Waals surface area contributed by atoms with Crippen LogP contribution >= 0.6 is 0 Å². The molecule has 0 aromatic heterocycles. The first-order valence-corrected chi connectivity index (χ1v) is 15.9. The zero-order valence-electron chi connectivity index (χ0n) is 26.2. The van der Waals surface area contributed by atoms with Crippen molar-refractivity contribution < 1.29 is 38.1 Å². The smallest absolute Gasteiger partial charge is 0.343 e. The number of carbonyl (C=O) groups excluding carboxylic acids is 3. The number of esters is 3. The maximum atomic E-state index is 12.7. The molecule has 4 rings (SSSR count). The average Bonchev–Trinajstić information content (AvgIpc) is 3.40. The van der Waals surface area contributed by atoms with Gasteiger partial charge < -0.3 is 23.7 Å². The lowest BCUT2D eigenvalue weighted by molar-refractivity contribution is -0.139. The zero-order chi connectivity index (χ0) is 32.6. The molecule has 1 atom stereocenters. The Balaban J connectivity index is 1.11. The number of carbonyl (C=O) groups is 3. The maximum Gasteiger partial charge on any atom is 0.343 e. The van der Waals surface area contributed by atoms with E-state index in [1.807, 2.05) is 36.4 Å². The van der Waals surface area contributed by atoms with Crippen molar-refractivity contribution in [2.45, 2.75) is 63.9 Å². The molecule has 1 saturated heterocycles. The molecule has 0 bridgehead atoms. The lowest BCUT2D eigenvalue weighted by Gasteiger charge is -2.10. The summed E-state index contributed by atoms with van der Waals surface area (Å²) < 4.78 is 27.4. The van der Waals surface area contributed by atoms with Crippen LogP contribution in [-0.4, -0.2) is 43.8 Å². The molecule has 0 spiro atoms. The van der Waals surface area contributed by atoms with E-state index in [0.717, 1.165) is 68.2 Å². The summed E-state index contributed by atoms with van der Waals surface area (Å²) in [5.41, 5.74) is 3.03. The summed E-state index contributed by atoms with van der Waals surface area (Å²) in [6, 6.07) is 22.2. The molecule has 0 amide bonds. The summed E-state index contributed by atoms with van der Waals surface area (Å²) in [7, 11) is 0. The average molecular weight is 627 g/mol. The van der Waals surface area contributed by atoms with Crippen molar-refractivity contribution in [2.24, 2.45) is 0 Å². The zero-order valence-corrected chi connectivity index (χ0v) is 26.2. The molecule has 1 aliphatic rings. The van der Waals surface area contributed by atoms with Crippen LogP contribution in [0.1, 0.15) is 68.1 Å². The topological polar surface area (TPSA) is 97.4 Å². The number of ether oxygens (including phenoxy) is 5. The number of hydrogen-bond acceptors (Lipinski definition) is 8. The molecule has 0 saturated carbocycles. The summed E-state index contributed by atoms with van der Waals surface area (Å²) in [4.78, 5) is 35.1. The second-order valence-corrected chi connectivity index (χ2v) is 11.1. The molecule has 8 heteroatoms. The van der Waals surface area contributed by atoms with Crippen LogP contribution in [0.2, 0.25) is 0 Å². The van der Waals surface area contributed by atoms with Gasteiger partial charge in [0.2, 0.25) is 0 Å². The van der Waals surface area contributed by atoms with Crippen LogP contribution in [0.3, 0.4) is 0 Å². The minimum atomic E-state index is -0.438. The van der Waals surface area contributed by atoms with Crippen LogP contribution in [0.4, 0.5) is 0 Å². The van der Waals surface area contributed by atoms with Crippen LogP contribution in [-0.2, 0) is 19.1 Å². The largest absolute Gasteiger partial charge is 0.494 e. The van der Waals surface area contributed by atoms with Crippen LogP contribution < -0.4 is 14.2 Å². The Kier molecular flexibility index (Phi) is 13.5. The first kappa shape index (κ1) is 34.0. The molecule has 0 radical (unpaired) electrons. The normalized spacial score (nSPS) is 14.0. The molecule has 3 aromatic rings. The van der Waals surface area contributed by atoms with Crippen molar-refractivity contribution in [2.75, 3.05) is 19.8 Å². The van der Waals surface area contributed by atoms with Gasteiger partial charge in [-0.3, -0.25) is 0 Å². The van der Waals surface area contributed by atoms with Crippen LogP contribution in [0, 0.1) is 0 Å². The van der Waals surface area contributed by atoms with Gasteiger partial charge in [-0.1, -0.05) is 37.4 Å². The molecule has 1 fully saturated rings. The molecule has 0 aliphatic carbocycles. The van der Waals surface area contributed by atoms with E-state index >= 15 is 0 Å². The SMILES string of the molecule is C=CC(=O)OCCCCCCOc1ccc(-c2ccc(OC(=O)c3ccc(OCCCCCC4CC(=C)C(=O)O4)cc3)cc2)cc1. The van der Waals surface area contributed by atoms with Gasteiger partial charge in [-0.15, -0.1) is 0 Å². The van der Waals surface area contributed by atoms with E-state index in [1.54, 1.807) is 36.4 Å². The van der Waals surface area contributed by atoms with Gasteiger partial charge in [-0.25, -0.2) is 14.4 Å². The summed E-state index contributed by atoms with van der Waals surface area (Å²) in [6.07, 6.45) is 9.17. The maximum absolute atomic E-state index is 12.7. The van der Waals surface area contributed by atoms with Crippen molar-refractivity contribution in [3.63, 3.8) is 0 Å². The second-order valence-electron chi connectivity index (χ2n) is 11.1. The Morgan fingerprint density at radius 3 is 1.78 bits per heavy atom. The van der Waals surface area contributed by atoms with E-state index in [1.165, 1.54) is 6.08 Å². The lowest BCUT2D eigenvalue weighted by atomic mass is 10.1. The van der Waals surface area contributed by atoms with Gasteiger partial charge in [0.15, 0.2) is 0 Å². The minimum absolute atomic E-state index is 0.0349. The molecule has 8 nitrogen and oxygen atoms in total. The molecule has 1 heterocycles. The summed E-state index contributed by atoms with van der Waals surface area (Å²) in [5.74, 6) is 0.874. The molecule has 1 aliphatic heterocycles. The molecule has 1 unspecified atom stereocenters. The second kappa shape index (κ2) is 18.2. The fraction of sp³-hybridized carbons (Fsp3) is 0.342. The highest BCUT2D eigenvalue weighted by Crippen LogP contribution is 2.26. The van der Waals surface area contributed by atoms with Gasteiger partial charge in [0.05, 0.1) is 25.4 Å². The molecule has 3 aromatic carbocycles. The molecular weight excluding hydrogens is 584 g/mol. The predicted octanol–water partition coefficient (Wildman–Crippen LogP) is 8.05. The monoisotopic (exact) mass is 626 g/mol. The highest BCUT2D eigenvalue weighted by atomic mass is 16.6. The number of hydrogen-bond donors (Lipinski definition) is 0. The molecule has 46 heavy (non-hydrogen) atoms. The Morgan fingerprint density at radius 2 is 1.24 bits per heavy atom. The van der Waals surface area contributed by atoms with Crippen LogP contribution in [0.5, 0.6) is 17.2 Å². The van der Waals surface area contributed by atoms with E-state index in [2.05, 4.69) is 13.2 Å². The Hall–Kier alpha value is -4.85. The molecular formula is C38H42O8. The fourth-order valence-electron chi connectivity index (χ4n) is 4.93. The van der Waals surface area contributed by atoms with Gasteiger partial charge in [-0.2, -0.15) is 0 Å². The number of unbranched alkanes of at least 4 members (excludes halogenated alkanes) is 5. The van der Waals surface area contributed by atoms with E-state index in [0.29, 0.717) is 48.9 Å². The van der Waals surface area contributed by atoms with Crippen molar-refractivity contribution in [1.29, 1.82) is 0 Å². The highest BCUT2D eigenvalue weighted by Gasteiger charge is 2.26. The van der Waals surface area contributed by atoms with Gasteiger partial charge in [0.1, 0.15) is 23.4 Å². The molecule has 0 N–H and O–H groups in total. The Labute approximate surface area is 271 Å². The van der Waals surface area contributed by atoms with E-state index < -0.39 is 5.97 Å². The summed E-state index contributed by atoms with van der Waals surface area (Å²) in [6.45, 7) is 8.71. The Bertz CT molecular complexity index is 1430. The lowest BCUT2D eigenvalue weighted by Crippen LogP contribution is -2.08. The van der Waals surface area contributed by atoms with Crippen molar-refractivity contribution in [1.82, 2.24) is 0 Å². The summed E-state index contributed by atoms with van der Waals surface area (Å²) in [5, 5.41) is 0. The van der Waals surface area contributed by atoms with Crippen LogP contribution in [0.25, 0.3) is 11.1 Å². The summed E-state index contributed by atoms with van der Waals surface area (Å²) >= 11 is 0. The van der Waals surface area contributed by atoms with E-state index in [9.17, 15) is 14.4 Å². The van der Waals surface area contributed by atoms with Gasteiger partial charge in [-0.05, 0) is 111 Å². The van der Waals surface area contributed by atoms with Gasteiger partial charge in [0, 0.05) is 18.1 Å². The highest BCUT2D eigenvalue weighted by molar-refractivity contribution is 5.91. The quantitative estimate of drug-likeness (QED) is 0.0571. The van der Waals surface area contributed by atoms with Crippen LogP contribution in [0.15, 0.2) is 97.6 Å². The Morgan fingerprint density at radius 1 is 0.717 bits per heavy atom. The fourth-order valence-corrected chi connectivity index (χ4v) is 4.93. The van der Waals surface area contributed by atoms with Gasteiger partial charge in [0.25, 0.3) is 0 Å². The predicted molar refractivity (Wildman–Crippen MR) is 176 cm³/mol. The van der Waals surface area contributed by atoms with Crippen molar-refractivity contribution >= 4 is 17.9 Å². The van der Waals surface area contributed by atoms with Gasteiger partial charge >= 0.3 is 17.9 Å². The molecule has 242 valence electrons. The minimum Gasteiger partial charge on any atom is -0.494 e. The third-order valence-electron chi connectivity index (χ3n) is 7.54. The first-order chi connectivity index (χ1) is 22.4. The third kappa shape index (κ3) is 11.3. The number of benzene rings is 3. The van der Waals surface area contributed by atoms with Crippen molar-refractivity contribution in [3.8, 4) is 28.4 Å².